The molecule has 0 aromatic rings. The fourth-order valence-electron chi connectivity index (χ4n) is 1.21. The minimum atomic E-state index is 0.236. The minimum Gasteiger partial charge on any atom is -0.316 e. The van der Waals surface area contributed by atoms with Gasteiger partial charge in [0.1, 0.15) is 0 Å². The van der Waals surface area contributed by atoms with E-state index in [1.165, 1.54) is 6.42 Å². The second-order valence-electron chi connectivity index (χ2n) is 2.67. The maximum atomic E-state index is 8.52. The highest BCUT2D eigenvalue weighted by Crippen LogP contribution is 2.16. The zero-order valence-electron chi connectivity index (χ0n) is 5.72. The van der Waals surface area contributed by atoms with Gasteiger partial charge in [0.25, 0.3) is 0 Å². The maximum Gasteiger partial charge on any atom is 0.0656 e. The summed E-state index contributed by atoms with van der Waals surface area (Å²) in [5, 5.41) is 11.8. The molecule has 1 heterocycles. The molecule has 1 fully saturated rings. The third kappa shape index (κ3) is 1.43. The molecule has 2 atom stereocenters. The lowest BCUT2D eigenvalue weighted by molar-refractivity contribution is 0.469. The first-order valence-electron chi connectivity index (χ1n) is 3.45. The highest BCUT2D eigenvalue weighted by atomic mass is 14.9. The van der Waals surface area contributed by atoms with Gasteiger partial charge in [-0.1, -0.05) is 0 Å². The summed E-state index contributed by atoms with van der Waals surface area (Å²) in [4.78, 5) is 0. The zero-order valence-corrected chi connectivity index (χ0v) is 5.72. The van der Waals surface area contributed by atoms with E-state index >= 15 is 0 Å². The number of nitrogens with zero attached hydrogens (tertiary/aromatic N) is 1. The van der Waals surface area contributed by atoms with E-state index in [-0.39, 0.29) is 5.92 Å². The normalized spacial score (nSPS) is 29.6. The van der Waals surface area contributed by atoms with Crippen LogP contribution in [0.4, 0.5) is 0 Å². The third-order valence-electron chi connectivity index (χ3n) is 2.01. The average Bonchev–Trinajstić information content (AvgIpc) is 2.37. The standard InChI is InChI=1S/C7H12N2/c1-6(4-8)7-2-3-9-5-7/h6-7,9H,2-3,5H2,1H3/t6-,7?/m1/s1. The smallest absolute Gasteiger partial charge is 0.0656 e. The molecule has 2 heteroatoms. The van der Waals surface area contributed by atoms with Crippen molar-refractivity contribution in [2.75, 3.05) is 13.1 Å². The average molecular weight is 124 g/mol. The molecule has 0 aliphatic carbocycles. The van der Waals surface area contributed by atoms with Crippen LogP contribution in [0, 0.1) is 23.2 Å². The second kappa shape index (κ2) is 2.84. The summed E-state index contributed by atoms with van der Waals surface area (Å²) in [5.74, 6) is 0.843. The first kappa shape index (κ1) is 6.57. The van der Waals surface area contributed by atoms with Crippen LogP contribution in [0.15, 0.2) is 0 Å². The summed E-state index contributed by atoms with van der Waals surface area (Å²) in [6.45, 7) is 4.13. The molecular formula is C7H12N2. The molecule has 50 valence electrons. The van der Waals surface area contributed by atoms with Gasteiger partial charge in [-0.05, 0) is 32.4 Å². The number of hydrogen-bond acceptors (Lipinski definition) is 2. The van der Waals surface area contributed by atoms with E-state index in [4.69, 9.17) is 5.26 Å². The van der Waals surface area contributed by atoms with Crippen LogP contribution in [0.25, 0.3) is 0 Å². The molecule has 1 aliphatic heterocycles. The summed E-state index contributed by atoms with van der Waals surface area (Å²) < 4.78 is 0. The topological polar surface area (TPSA) is 35.8 Å². The molecule has 0 bridgehead atoms. The molecule has 1 aliphatic rings. The SMILES string of the molecule is C[C@H](C#N)C1CCNC1. The highest BCUT2D eigenvalue weighted by molar-refractivity contribution is 4.88. The fourth-order valence-corrected chi connectivity index (χ4v) is 1.21. The van der Waals surface area contributed by atoms with E-state index in [9.17, 15) is 0 Å². The Morgan fingerprint density at radius 2 is 2.56 bits per heavy atom. The molecule has 0 spiro atoms. The maximum absolute atomic E-state index is 8.52. The summed E-state index contributed by atoms with van der Waals surface area (Å²) >= 11 is 0. The van der Waals surface area contributed by atoms with Gasteiger partial charge in [-0.3, -0.25) is 0 Å². The Morgan fingerprint density at radius 1 is 1.78 bits per heavy atom. The van der Waals surface area contributed by atoms with E-state index < -0.39 is 0 Å². The zero-order chi connectivity index (χ0) is 6.69. The van der Waals surface area contributed by atoms with Crippen LogP contribution in [0.1, 0.15) is 13.3 Å². The van der Waals surface area contributed by atoms with Crippen molar-refractivity contribution in [2.24, 2.45) is 11.8 Å². The van der Waals surface area contributed by atoms with Gasteiger partial charge >= 0.3 is 0 Å². The van der Waals surface area contributed by atoms with Crippen molar-refractivity contribution in [1.29, 1.82) is 5.26 Å². The Bertz CT molecular complexity index is 119. The van der Waals surface area contributed by atoms with E-state index in [0.29, 0.717) is 5.92 Å². The number of hydrogen-bond donors (Lipinski definition) is 1. The predicted molar refractivity (Wildman–Crippen MR) is 35.8 cm³/mol. The van der Waals surface area contributed by atoms with Gasteiger partial charge in [-0.15, -0.1) is 0 Å². The van der Waals surface area contributed by atoms with E-state index in [1.54, 1.807) is 0 Å². The number of rotatable bonds is 1. The Balaban J connectivity index is 2.34. The third-order valence-corrected chi connectivity index (χ3v) is 2.01. The monoisotopic (exact) mass is 124 g/mol. The summed E-state index contributed by atoms with van der Waals surface area (Å²) in [5.41, 5.74) is 0. The van der Waals surface area contributed by atoms with Crippen LogP contribution in [0.2, 0.25) is 0 Å². The van der Waals surface area contributed by atoms with Crippen molar-refractivity contribution < 1.29 is 0 Å². The van der Waals surface area contributed by atoms with Gasteiger partial charge in [-0.2, -0.15) is 5.26 Å². The Hall–Kier alpha value is -0.550. The van der Waals surface area contributed by atoms with Crippen LogP contribution in [0.3, 0.4) is 0 Å². The first-order chi connectivity index (χ1) is 4.34. The molecule has 9 heavy (non-hydrogen) atoms. The van der Waals surface area contributed by atoms with Crippen molar-refractivity contribution in [3.05, 3.63) is 0 Å². The predicted octanol–water partition coefficient (Wildman–Crippen LogP) is 0.756. The number of nitrogens with one attached hydrogen (secondary N) is 1. The molecular weight excluding hydrogens is 112 g/mol. The van der Waals surface area contributed by atoms with Crippen LogP contribution in [-0.2, 0) is 0 Å². The molecule has 2 nitrogen and oxygen atoms in total. The quantitative estimate of drug-likeness (QED) is 0.560. The van der Waals surface area contributed by atoms with E-state index in [0.717, 1.165) is 13.1 Å². The van der Waals surface area contributed by atoms with Gasteiger partial charge in [0.05, 0.1) is 6.07 Å². The lowest BCUT2D eigenvalue weighted by atomic mass is 9.95. The molecule has 1 rings (SSSR count). The lowest BCUT2D eigenvalue weighted by Crippen LogP contribution is -2.13. The van der Waals surface area contributed by atoms with Gasteiger partial charge < -0.3 is 5.32 Å². The molecule has 0 amide bonds. The molecule has 1 saturated heterocycles. The number of nitriles is 1. The lowest BCUT2D eigenvalue weighted by Gasteiger charge is -2.07. The van der Waals surface area contributed by atoms with Crippen LogP contribution < -0.4 is 5.32 Å². The molecule has 0 radical (unpaired) electrons. The first-order valence-corrected chi connectivity index (χ1v) is 3.45. The molecule has 0 aromatic heterocycles. The van der Waals surface area contributed by atoms with Gasteiger partial charge in [0, 0.05) is 5.92 Å². The summed E-state index contributed by atoms with van der Waals surface area (Å²) in [7, 11) is 0. The van der Waals surface area contributed by atoms with E-state index in [1.807, 2.05) is 6.92 Å². The van der Waals surface area contributed by atoms with Gasteiger partial charge in [0.2, 0.25) is 0 Å². The van der Waals surface area contributed by atoms with Crippen molar-refractivity contribution in [2.45, 2.75) is 13.3 Å². The van der Waals surface area contributed by atoms with Crippen LogP contribution in [-0.4, -0.2) is 13.1 Å². The van der Waals surface area contributed by atoms with Crippen LogP contribution in [0.5, 0.6) is 0 Å². The van der Waals surface area contributed by atoms with Gasteiger partial charge in [0.15, 0.2) is 0 Å². The second-order valence-corrected chi connectivity index (χ2v) is 2.67. The summed E-state index contributed by atoms with van der Waals surface area (Å²) in [6, 6.07) is 2.27. The highest BCUT2D eigenvalue weighted by Gasteiger charge is 2.20. The largest absolute Gasteiger partial charge is 0.316 e. The Kier molecular flexibility index (Phi) is 2.07. The van der Waals surface area contributed by atoms with Crippen molar-refractivity contribution in [3.8, 4) is 6.07 Å². The molecule has 1 unspecified atom stereocenters. The van der Waals surface area contributed by atoms with Crippen molar-refractivity contribution in [3.63, 3.8) is 0 Å². The fraction of sp³-hybridized carbons (Fsp3) is 0.857. The minimum absolute atomic E-state index is 0.236. The summed E-state index contributed by atoms with van der Waals surface area (Å²) in [6.07, 6.45) is 1.18. The van der Waals surface area contributed by atoms with E-state index in [2.05, 4.69) is 11.4 Å². The molecule has 1 N–H and O–H groups in total. The van der Waals surface area contributed by atoms with Crippen molar-refractivity contribution >= 4 is 0 Å². The van der Waals surface area contributed by atoms with Gasteiger partial charge in [-0.25, -0.2) is 0 Å². The van der Waals surface area contributed by atoms with Crippen molar-refractivity contribution in [1.82, 2.24) is 5.32 Å². The molecule has 0 aromatic carbocycles. The Morgan fingerprint density at radius 3 is 3.00 bits per heavy atom. The molecule has 0 saturated carbocycles. The van der Waals surface area contributed by atoms with Crippen LogP contribution >= 0.6 is 0 Å². The Labute approximate surface area is 55.9 Å².